The number of nitrogens with zero attached hydrogens (tertiary/aromatic N) is 1. The fourth-order valence-corrected chi connectivity index (χ4v) is 2.71. The fourth-order valence-electron chi connectivity index (χ4n) is 2.71. The van der Waals surface area contributed by atoms with Gasteiger partial charge in [0.05, 0.1) is 11.3 Å². The van der Waals surface area contributed by atoms with Crippen LogP contribution in [0, 0.1) is 0 Å². The number of aldehydes is 1. The first-order chi connectivity index (χ1) is 10.4. The van der Waals surface area contributed by atoms with Crippen molar-refractivity contribution in [2.45, 2.75) is 6.18 Å². The first-order valence-corrected chi connectivity index (χ1v) is 6.63. The lowest BCUT2D eigenvalue weighted by molar-refractivity contribution is -0.137. The topological polar surface area (TPSA) is 22.0 Å². The number of halogens is 3. The van der Waals surface area contributed by atoms with E-state index in [1.54, 1.807) is 11.6 Å². The number of rotatable bonds is 2. The fraction of sp³-hybridized carbons (Fsp3) is 0.118. The first kappa shape index (κ1) is 14.4. The van der Waals surface area contributed by atoms with Gasteiger partial charge in [-0.15, -0.1) is 0 Å². The number of benzene rings is 2. The Labute approximate surface area is 124 Å². The van der Waals surface area contributed by atoms with Crippen LogP contribution in [0.3, 0.4) is 0 Å². The second kappa shape index (κ2) is 5.02. The maximum atomic E-state index is 12.9. The first-order valence-electron chi connectivity index (χ1n) is 6.63. The molecule has 0 fully saturated rings. The van der Waals surface area contributed by atoms with Gasteiger partial charge in [0.15, 0.2) is 6.29 Å². The van der Waals surface area contributed by atoms with Gasteiger partial charge in [-0.2, -0.15) is 13.2 Å². The zero-order valence-corrected chi connectivity index (χ0v) is 11.7. The van der Waals surface area contributed by atoms with Gasteiger partial charge < -0.3 is 4.57 Å². The van der Waals surface area contributed by atoms with Gasteiger partial charge in [-0.25, -0.2) is 0 Å². The Balaban J connectivity index is 2.35. The lowest BCUT2D eigenvalue weighted by atomic mass is 10.0. The summed E-state index contributed by atoms with van der Waals surface area (Å²) in [6.07, 6.45) is -3.82. The third kappa shape index (κ3) is 2.19. The lowest BCUT2D eigenvalue weighted by Gasteiger charge is -2.07. The van der Waals surface area contributed by atoms with Crippen LogP contribution >= 0.6 is 0 Å². The molecule has 0 unspecified atom stereocenters. The van der Waals surface area contributed by atoms with Crippen LogP contribution in [0.4, 0.5) is 13.2 Å². The van der Waals surface area contributed by atoms with Crippen LogP contribution in [0.15, 0.2) is 48.5 Å². The molecule has 0 spiro atoms. The van der Waals surface area contributed by atoms with Crippen LogP contribution in [0.1, 0.15) is 15.9 Å². The summed E-state index contributed by atoms with van der Waals surface area (Å²) in [6.45, 7) is 0. The summed E-state index contributed by atoms with van der Waals surface area (Å²) in [4.78, 5) is 11.5. The molecule has 0 aliphatic carbocycles. The van der Waals surface area contributed by atoms with Crippen LogP contribution in [0.5, 0.6) is 0 Å². The van der Waals surface area contributed by atoms with Gasteiger partial charge >= 0.3 is 6.18 Å². The standard InChI is InChI=1S/C17H12F3NO/c1-21-15-8-7-12(17(18,19)20)9-13(15)14(10-22)16(21)11-5-3-2-4-6-11/h2-10H,1H3. The highest BCUT2D eigenvalue weighted by Crippen LogP contribution is 2.36. The maximum absolute atomic E-state index is 12.9. The summed E-state index contributed by atoms with van der Waals surface area (Å²) < 4.78 is 40.4. The molecule has 3 aromatic rings. The molecule has 3 rings (SSSR count). The highest BCUT2D eigenvalue weighted by atomic mass is 19.4. The molecule has 1 aromatic heterocycles. The molecular weight excluding hydrogens is 291 g/mol. The number of fused-ring (bicyclic) bond motifs is 1. The summed E-state index contributed by atoms with van der Waals surface area (Å²) in [7, 11) is 1.74. The molecule has 0 aliphatic rings. The summed E-state index contributed by atoms with van der Waals surface area (Å²) >= 11 is 0. The Hall–Kier alpha value is -2.56. The Morgan fingerprint density at radius 2 is 1.73 bits per heavy atom. The molecule has 0 bridgehead atoms. The largest absolute Gasteiger partial charge is 0.416 e. The SMILES string of the molecule is Cn1c(-c2ccccc2)c(C=O)c2cc(C(F)(F)F)ccc21. The highest BCUT2D eigenvalue weighted by Gasteiger charge is 2.31. The van der Waals surface area contributed by atoms with Crippen molar-refractivity contribution in [1.82, 2.24) is 4.57 Å². The average molecular weight is 303 g/mol. The molecule has 0 amide bonds. The second-order valence-corrected chi connectivity index (χ2v) is 5.03. The van der Waals surface area contributed by atoms with Gasteiger partial charge in [-0.3, -0.25) is 4.79 Å². The predicted octanol–water partition coefficient (Wildman–Crippen LogP) is 4.68. The Morgan fingerprint density at radius 3 is 2.32 bits per heavy atom. The van der Waals surface area contributed by atoms with Crippen molar-refractivity contribution in [1.29, 1.82) is 0 Å². The summed E-state index contributed by atoms with van der Waals surface area (Å²) in [5, 5.41) is 0.311. The molecule has 2 nitrogen and oxygen atoms in total. The molecule has 0 aliphatic heterocycles. The molecule has 0 saturated heterocycles. The smallest absolute Gasteiger partial charge is 0.343 e. The van der Waals surface area contributed by atoms with Crippen LogP contribution < -0.4 is 0 Å². The summed E-state index contributed by atoms with van der Waals surface area (Å²) in [5.41, 5.74) is 1.51. The van der Waals surface area contributed by atoms with Crippen molar-refractivity contribution in [3.8, 4) is 11.3 Å². The van der Waals surface area contributed by atoms with Gasteiger partial charge in [0.25, 0.3) is 0 Å². The van der Waals surface area contributed by atoms with E-state index in [0.29, 0.717) is 22.9 Å². The summed E-state index contributed by atoms with van der Waals surface area (Å²) in [6, 6.07) is 12.6. The van der Waals surface area contributed by atoms with E-state index in [0.717, 1.165) is 17.7 Å². The van der Waals surface area contributed by atoms with Crippen LogP contribution in [-0.2, 0) is 13.2 Å². The van der Waals surface area contributed by atoms with E-state index in [1.807, 2.05) is 30.3 Å². The third-order valence-electron chi connectivity index (χ3n) is 3.73. The predicted molar refractivity (Wildman–Crippen MR) is 78.7 cm³/mol. The number of carbonyl (C=O) groups is 1. The molecule has 1 heterocycles. The summed E-state index contributed by atoms with van der Waals surface area (Å²) in [5.74, 6) is 0. The Kier molecular flexibility index (Phi) is 3.28. The zero-order chi connectivity index (χ0) is 15.9. The Morgan fingerprint density at radius 1 is 1.05 bits per heavy atom. The lowest BCUT2D eigenvalue weighted by Crippen LogP contribution is -2.04. The van der Waals surface area contributed by atoms with Crippen molar-refractivity contribution in [2.75, 3.05) is 0 Å². The maximum Gasteiger partial charge on any atom is 0.416 e. The van der Waals surface area contributed by atoms with E-state index in [9.17, 15) is 18.0 Å². The number of carbonyl (C=O) groups excluding carboxylic acids is 1. The van der Waals surface area contributed by atoms with Gasteiger partial charge in [0.1, 0.15) is 0 Å². The minimum Gasteiger partial charge on any atom is -0.343 e. The van der Waals surface area contributed by atoms with Crippen LogP contribution in [-0.4, -0.2) is 10.9 Å². The minimum absolute atomic E-state index is 0.273. The van der Waals surface area contributed by atoms with Crippen molar-refractivity contribution in [3.63, 3.8) is 0 Å². The van der Waals surface area contributed by atoms with Crippen molar-refractivity contribution < 1.29 is 18.0 Å². The van der Waals surface area contributed by atoms with Gasteiger partial charge in [-0.05, 0) is 23.8 Å². The molecule has 22 heavy (non-hydrogen) atoms. The second-order valence-electron chi connectivity index (χ2n) is 5.03. The highest BCUT2D eigenvalue weighted by molar-refractivity contribution is 6.05. The van der Waals surface area contributed by atoms with Crippen molar-refractivity contribution in [2.24, 2.45) is 7.05 Å². The molecule has 2 aromatic carbocycles. The van der Waals surface area contributed by atoms with E-state index in [2.05, 4.69) is 0 Å². The minimum atomic E-state index is -4.43. The average Bonchev–Trinajstić information content (AvgIpc) is 2.79. The van der Waals surface area contributed by atoms with Crippen molar-refractivity contribution in [3.05, 3.63) is 59.7 Å². The van der Waals surface area contributed by atoms with Crippen molar-refractivity contribution >= 4 is 17.2 Å². The molecule has 0 N–H and O–H groups in total. The number of hydrogen-bond donors (Lipinski definition) is 0. The van der Waals surface area contributed by atoms with Gasteiger partial charge in [-0.1, -0.05) is 30.3 Å². The molecule has 0 atom stereocenters. The van der Waals surface area contributed by atoms with E-state index >= 15 is 0 Å². The van der Waals surface area contributed by atoms with Crippen LogP contribution in [0.25, 0.3) is 22.2 Å². The molecule has 0 radical (unpaired) electrons. The van der Waals surface area contributed by atoms with E-state index in [4.69, 9.17) is 0 Å². The number of alkyl halides is 3. The van der Waals surface area contributed by atoms with Crippen LogP contribution in [0.2, 0.25) is 0 Å². The molecular formula is C17H12F3NO. The van der Waals surface area contributed by atoms with E-state index < -0.39 is 11.7 Å². The zero-order valence-electron chi connectivity index (χ0n) is 11.7. The quantitative estimate of drug-likeness (QED) is 0.630. The third-order valence-corrected chi connectivity index (χ3v) is 3.73. The molecule has 0 saturated carbocycles. The molecule has 5 heteroatoms. The number of aromatic nitrogens is 1. The number of hydrogen-bond acceptors (Lipinski definition) is 1. The van der Waals surface area contributed by atoms with Gasteiger partial charge in [0, 0.05) is 23.5 Å². The van der Waals surface area contributed by atoms with Gasteiger partial charge in [0.2, 0.25) is 0 Å². The number of aryl methyl sites for hydroxylation is 1. The van der Waals surface area contributed by atoms with E-state index in [-0.39, 0.29) is 5.56 Å². The molecule has 112 valence electrons. The normalized spacial score (nSPS) is 11.8. The van der Waals surface area contributed by atoms with E-state index in [1.165, 1.54) is 6.07 Å². The Bertz CT molecular complexity index is 848. The monoisotopic (exact) mass is 303 g/mol.